The molecular weight excluding hydrogens is 400 g/mol. The van der Waals surface area contributed by atoms with Crippen LogP contribution in [0.5, 0.6) is 5.75 Å². The van der Waals surface area contributed by atoms with E-state index in [0.29, 0.717) is 19.7 Å². The van der Waals surface area contributed by atoms with Gasteiger partial charge in [0.05, 0.1) is 12.8 Å². The van der Waals surface area contributed by atoms with Crippen LogP contribution >= 0.6 is 0 Å². The van der Waals surface area contributed by atoms with Gasteiger partial charge in [-0.25, -0.2) is 0 Å². The number of pyridine rings is 1. The van der Waals surface area contributed by atoms with Gasteiger partial charge < -0.3 is 14.1 Å². The highest BCUT2D eigenvalue weighted by molar-refractivity contribution is 5.91. The van der Waals surface area contributed by atoms with Crippen molar-refractivity contribution in [2.75, 3.05) is 0 Å². The van der Waals surface area contributed by atoms with Crippen LogP contribution in [0, 0.1) is 0 Å². The third-order valence-electron chi connectivity index (χ3n) is 4.88. The molecule has 0 atom stereocenters. The SMILES string of the molecule is O=C(/C=C/c1ccc(OCc2ccccc2)cc1)N(Cc1cccnc1)Cc1ccco1. The van der Waals surface area contributed by atoms with Crippen LogP contribution in [0.2, 0.25) is 0 Å². The van der Waals surface area contributed by atoms with Gasteiger partial charge in [0.1, 0.15) is 18.1 Å². The van der Waals surface area contributed by atoms with E-state index in [2.05, 4.69) is 4.98 Å². The van der Waals surface area contributed by atoms with Crippen LogP contribution in [0.4, 0.5) is 0 Å². The summed E-state index contributed by atoms with van der Waals surface area (Å²) in [6, 6.07) is 25.2. The maximum atomic E-state index is 12.9. The largest absolute Gasteiger partial charge is 0.489 e. The molecule has 5 nitrogen and oxygen atoms in total. The molecule has 1 amide bonds. The molecule has 0 saturated carbocycles. The Bertz CT molecular complexity index is 1120. The van der Waals surface area contributed by atoms with Crippen molar-refractivity contribution < 1.29 is 13.9 Å². The van der Waals surface area contributed by atoms with Crippen molar-refractivity contribution in [1.29, 1.82) is 0 Å². The molecule has 0 aliphatic rings. The number of carbonyl (C=O) groups is 1. The molecular formula is C27H24N2O3. The van der Waals surface area contributed by atoms with E-state index in [1.807, 2.05) is 84.9 Å². The lowest BCUT2D eigenvalue weighted by molar-refractivity contribution is -0.127. The summed E-state index contributed by atoms with van der Waals surface area (Å²) in [6.07, 6.45) is 8.48. The van der Waals surface area contributed by atoms with E-state index in [1.54, 1.807) is 29.6 Å². The van der Waals surface area contributed by atoms with Crippen LogP contribution in [0.3, 0.4) is 0 Å². The zero-order valence-corrected chi connectivity index (χ0v) is 17.6. The molecule has 0 radical (unpaired) electrons. The second-order valence-corrected chi connectivity index (χ2v) is 7.31. The van der Waals surface area contributed by atoms with E-state index >= 15 is 0 Å². The molecule has 0 spiro atoms. The van der Waals surface area contributed by atoms with Gasteiger partial charge in [0.15, 0.2) is 0 Å². The summed E-state index contributed by atoms with van der Waals surface area (Å²) >= 11 is 0. The molecule has 4 aromatic rings. The Morgan fingerprint density at radius 1 is 0.906 bits per heavy atom. The molecule has 5 heteroatoms. The maximum absolute atomic E-state index is 12.9. The number of carbonyl (C=O) groups excluding carboxylic acids is 1. The predicted molar refractivity (Wildman–Crippen MR) is 123 cm³/mol. The molecule has 32 heavy (non-hydrogen) atoms. The molecule has 0 N–H and O–H groups in total. The van der Waals surface area contributed by atoms with E-state index in [-0.39, 0.29) is 5.91 Å². The molecule has 160 valence electrons. The van der Waals surface area contributed by atoms with Crippen LogP contribution in [0.15, 0.2) is 108 Å². The van der Waals surface area contributed by atoms with E-state index in [4.69, 9.17) is 9.15 Å². The maximum Gasteiger partial charge on any atom is 0.247 e. The lowest BCUT2D eigenvalue weighted by Gasteiger charge is -2.20. The Hall–Kier alpha value is -4.12. The zero-order chi connectivity index (χ0) is 22.0. The van der Waals surface area contributed by atoms with Gasteiger partial charge in [-0.3, -0.25) is 9.78 Å². The average molecular weight is 425 g/mol. The van der Waals surface area contributed by atoms with E-state index < -0.39 is 0 Å². The van der Waals surface area contributed by atoms with Crippen molar-refractivity contribution in [2.24, 2.45) is 0 Å². The lowest BCUT2D eigenvalue weighted by Crippen LogP contribution is -2.28. The summed E-state index contributed by atoms with van der Waals surface area (Å²) in [5.41, 5.74) is 3.00. The number of aromatic nitrogens is 1. The number of hydrogen-bond donors (Lipinski definition) is 0. The van der Waals surface area contributed by atoms with Gasteiger partial charge >= 0.3 is 0 Å². The Morgan fingerprint density at radius 3 is 2.44 bits per heavy atom. The van der Waals surface area contributed by atoms with Crippen LogP contribution < -0.4 is 4.74 Å². The topological polar surface area (TPSA) is 55.6 Å². The molecule has 0 aliphatic carbocycles. The number of ether oxygens (including phenoxy) is 1. The van der Waals surface area contributed by atoms with Crippen molar-refractivity contribution in [1.82, 2.24) is 9.88 Å². The lowest BCUT2D eigenvalue weighted by atomic mass is 10.2. The van der Waals surface area contributed by atoms with Crippen molar-refractivity contribution in [2.45, 2.75) is 19.7 Å². The second-order valence-electron chi connectivity index (χ2n) is 7.31. The van der Waals surface area contributed by atoms with Crippen molar-refractivity contribution in [3.05, 3.63) is 126 Å². The number of hydrogen-bond acceptors (Lipinski definition) is 4. The number of rotatable bonds is 9. The van der Waals surface area contributed by atoms with E-state index in [1.165, 1.54) is 0 Å². The van der Waals surface area contributed by atoms with Crippen LogP contribution in [-0.2, 0) is 24.5 Å². The Labute approximate surface area is 187 Å². The highest BCUT2D eigenvalue weighted by Gasteiger charge is 2.14. The number of nitrogens with zero attached hydrogens (tertiary/aromatic N) is 2. The minimum Gasteiger partial charge on any atom is -0.489 e. The van der Waals surface area contributed by atoms with E-state index in [9.17, 15) is 4.79 Å². The first kappa shape index (κ1) is 21.1. The number of amides is 1. The smallest absolute Gasteiger partial charge is 0.247 e. The van der Waals surface area contributed by atoms with E-state index in [0.717, 1.165) is 28.2 Å². The molecule has 0 saturated heterocycles. The van der Waals surface area contributed by atoms with Gasteiger partial charge in [0, 0.05) is 25.0 Å². The molecule has 0 aliphatic heterocycles. The second kappa shape index (κ2) is 10.8. The first-order valence-electron chi connectivity index (χ1n) is 10.4. The molecule has 2 aromatic carbocycles. The molecule has 2 heterocycles. The van der Waals surface area contributed by atoms with Gasteiger partial charge in [0.25, 0.3) is 0 Å². The Balaban J connectivity index is 1.38. The summed E-state index contributed by atoms with van der Waals surface area (Å²) < 4.78 is 11.3. The third kappa shape index (κ3) is 6.19. The summed E-state index contributed by atoms with van der Waals surface area (Å²) in [5.74, 6) is 1.42. The summed E-state index contributed by atoms with van der Waals surface area (Å²) in [7, 11) is 0. The summed E-state index contributed by atoms with van der Waals surface area (Å²) in [4.78, 5) is 18.8. The zero-order valence-electron chi connectivity index (χ0n) is 17.6. The normalized spacial score (nSPS) is 10.9. The summed E-state index contributed by atoms with van der Waals surface area (Å²) in [5, 5.41) is 0. The van der Waals surface area contributed by atoms with Gasteiger partial charge in [-0.05, 0) is 53.1 Å². The average Bonchev–Trinajstić information content (AvgIpc) is 3.36. The first-order valence-corrected chi connectivity index (χ1v) is 10.4. The summed E-state index contributed by atoms with van der Waals surface area (Å²) in [6.45, 7) is 1.35. The van der Waals surface area contributed by atoms with Crippen molar-refractivity contribution in [3.8, 4) is 5.75 Å². The van der Waals surface area contributed by atoms with Gasteiger partial charge in [-0.15, -0.1) is 0 Å². The fraction of sp³-hybridized carbons (Fsp3) is 0.111. The van der Waals surface area contributed by atoms with Crippen LogP contribution in [0.1, 0.15) is 22.5 Å². The minimum atomic E-state index is -0.102. The Morgan fingerprint density at radius 2 is 1.72 bits per heavy atom. The third-order valence-corrected chi connectivity index (χ3v) is 4.88. The van der Waals surface area contributed by atoms with Crippen molar-refractivity contribution >= 4 is 12.0 Å². The highest BCUT2D eigenvalue weighted by atomic mass is 16.5. The fourth-order valence-electron chi connectivity index (χ4n) is 3.20. The highest BCUT2D eigenvalue weighted by Crippen LogP contribution is 2.16. The minimum absolute atomic E-state index is 0.102. The number of furan rings is 1. The fourth-order valence-corrected chi connectivity index (χ4v) is 3.20. The molecule has 2 aromatic heterocycles. The van der Waals surface area contributed by atoms with Crippen LogP contribution in [0.25, 0.3) is 6.08 Å². The van der Waals surface area contributed by atoms with Crippen LogP contribution in [-0.4, -0.2) is 15.8 Å². The predicted octanol–water partition coefficient (Wildman–Crippen LogP) is 5.50. The van der Waals surface area contributed by atoms with Gasteiger partial charge in [-0.2, -0.15) is 0 Å². The first-order chi connectivity index (χ1) is 15.8. The quantitative estimate of drug-likeness (QED) is 0.333. The molecule has 0 fully saturated rings. The van der Waals surface area contributed by atoms with Crippen molar-refractivity contribution in [3.63, 3.8) is 0 Å². The van der Waals surface area contributed by atoms with Gasteiger partial charge in [-0.1, -0.05) is 48.5 Å². The molecule has 4 rings (SSSR count). The number of benzene rings is 2. The Kier molecular flexibility index (Phi) is 7.11. The standard InChI is InChI=1S/C27H24N2O3/c30-27(29(20-26-9-5-17-31-26)19-24-8-4-16-28-18-24)15-12-22-10-13-25(14-11-22)32-21-23-6-2-1-3-7-23/h1-18H,19-21H2/b15-12+. The van der Waals surface area contributed by atoms with Gasteiger partial charge in [0.2, 0.25) is 5.91 Å². The molecule has 0 bridgehead atoms. The molecule has 0 unspecified atom stereocenters. The monoisotopic (exact) mass is 424 g/mol.